The zero-order valence-electron chi connectivity index (χ0n) is 18.6. The van der Waals surface area contributed by atoms with Crippen LogP contribution in [-0.2, 0) is 19.3 Å². The molecule has 0 aliphatic carbocycles. The molecule has 1 atom stereocenters. The van der Waals surface area contributed by atoms with Crippen LogP contribution in [0.25, 0.3) is 11.1 Å². The predicted octanol–water partition coefficient (Wildman–Crippen LogP) is 4.85. The van der Waals surface area contributed by atoms with Crippen molar-refractivity contribution in [2.75, 3.05) is 20.2 Å². The highest BCUT2D eigenvalue weighted by Crippen LogP contribution is 2.38. The van der Waals surface area contributed by atoms with Crippen LogP contribution in [-0.4, -0.2) is 41.2 Å². The van der Waals surface area contributed by atoms with Crippen LogP contribution in [0.15, 0.2) is 48.8 Å². The third kappa shape index (κ3) is 3.78. The number of rotatable bonds is 5. The van der Waals surface area contributed by atoms with E-state index in [0.29, 0.717) is 12.0 Å². The Morgan fingerprint density at radius 1 is 1.19 bits per heavy atom. The second-order valence-electron chi connectivity index (χ2n) is 8.91. The molecule has 3 aromatic rings. The van der Waals surface area contributed by atoms with Gasteiger partial charge in [0.05, 0.1) is 12.2 Å². The Balaban J connectivity index is 1.43. The Labute approximate surface area is 188 Å². The molecular weight excluding hydrogens is 400 g/mol. The molecule has 0 saturated carbocycles. The first-order chi connectivity index (χ1) is 15.5. The first-order valence-corrected chi connectivity index (χ1v) is 11.3. The van der Waals surface area contributed by atoms with Gasteiger partial charge in [-0.25, -0.2) is 4.79 Å². The van der Waals surface area contributed by atoms with E-state index >= 15 is 0 Å². The summed E-state index contributed by atoms with van der Waals surface area (Å²) in [7, 11) is 2.16. The van der Waals surface area contributed by atoms with E-state index in [0.717, 1.165) is 43.7 Å². The van der Waals surface area contributed by atoms with Gasteiger partial charge in [-0.1, -0.05) is 18.2 Å². The molecule has 2 aliphatic rings. The van der Waals surface area contributed by atoms with Crippen molar-refractivity contribution in [1.29, 1.82) is 0 Å². The van der Waals surface area contributed by atoms with Crippen LogP contribution in [0, 0.1) is 6.92 Å². The molecule has 0 saturated heterocycles. The number of fused-ring (bicyclic) bond motifs is 2. The number of likely N-dealkylation sites (N-methyl/N-ethyl adjacent to an activating group) is 1. The van der Waals surface area contributed by atoms with Crippen LogP contribution in [0.1, 0.15) is 50.6 Å². The first-order valence-electron chi connectivity index (χ1n) is 11.3. The fraction of sp³-hybridized carbons (Fsp3) is 0.333. The van der Waals surface area contributed by atoms with Crippen LogP contribution in [0.5, 0.6) is 5.75 Å². The van der Waals surface area contributed by atoms with E-state index in [1.54, 1.807) is 18.5 Å². The van der Waals surface area contributed by atoms with Crippen molar-refractivity contribution >= 4 is 5.97 Å². The summed E-state index contributed by atoms with van der Waals surface area (Å²) in [6, 6.07) is 13.2. The molecule has 2 aliphatic heterocycles. The second-order valence-corrected chi connectivity index (χ2v) is 8.91. The van der Waals surface area contributed by atoms with Gasteiger partial charge in [0, 0.05) is 31.4 Å². The van der Waals surface area contributed by atoms with Gasteiger partial charge in [-0.2, -0.15) is 0 Å². The van der Waals surface area contributed by atoms with E-state index in [1.807, 2.05) is 0 Å². The highest BCUT2D eigenvalue weighted by Gasteiger charge is 2.26. The van der Waals surface area contributed by atoms with Crippen LogP contribution >= 0.6 is 0 Å². The molecule has 5 nitrogen and oxygen atoms in total. The summed E-state index contributed by atoms with van der Waals surface area (Å²) < 4.78 is 5.73. The highest BCUT2D eigenvalue weighted by molar-refractivity contribution is 5.89. The number of carboxylic acids is 1. The fourth-order valence-electron chi connectivity index (χ4n) is 5.15. The summed E-state index contributed by atoms with van der Waals surface area (Å²) >= 11 is 0. The summed E-state index contributed by atoms with van der Waals surface area (Å²) in [5, 5.41) is 9.49. The lowest BCUT2D eigenvalue weighted by molar-refractivity contribution is 0.0695. The lowest BCUT2D eigenvalue weighted by atomic mass is 9.86. The standard InChI is InChI=1S/C27H28N2O3/c1-17-13-26-20(9-12-32-26)15-24(17)18-3-5-22-19(14-18)8-11-29(2)25(22)6-4-21-16-28-10-7-23(21)27(30)31/h3,5,7,10,13-16,25H,4,6,8-9,11-12H2,1-2H3,(H,30,31)/t25-/m1/s1. The summed E-state index contributed by atoms with van der Waals surface area (Å²) in [6.07, 6.45) is 6.80. The van der Waals surface area contributed by atoms with Crippen LogP contribution in [0.4, 0.5) is 0 Å². The summed E-state index contributed by atoms with van der Waals surface area (Å²) in [5.41, 5.74) is 8.99. The fourth-order valence-corrected chi connectivity index (χ4v) is 5.15. The van der Waals surface area contributed by atoms with E-state index in [4.69, 9.17) is 4.74 Å². The van der Waals surface area contributed by atoms with E-state index in [1.165, 1.54) is 33.4 Å². The Kier molecular flexibility index (Phi) is 5.43. The zero-order chi connectivity index (χ0) is 22.2. The average molecular weight is 429 g/mol. The second kappa shape index (κ2) is 8.40. The molecule has 0 spiro atoms. The third-order valence-electron chi connectivity index (χ3n) is 6.94. The van der Waals surface area contributed by atoms with Crippen LogP contribution in [0.2, 0.25) is 0 Å². The molecule has 1 N–H and O–H groups in total. The lowest BCUT2D eigenvalue weighted by Gasteiger charge is -2.35. The quantitative estimate of drug-likeness (QED) is 0.629. The van der Waals surface area contributed by atoms with Crippen molar-refractivity contribution in [3.8, 4) is 16.9 Å². The minimum Gasteiger partial charge on any atom is -0.493 e. The molecule has 2 aromatic carbocycles. The molecule has 32 heavy (non-hydrogen) atoms. The van der Waals surface area contributed by atoms with Gasteiger partial charge in [-0.05, 0) is 90.4 Å². The number of aromatic nitrogens is 1. The summed E-state index contributed by atoms with van der Waals surface area (Å²) in [6.45, 7) is 3.93. The molecule has 5 heteroatoms. The Bertz CT molecular complexity index is 1190. The number of carboxylic acid groups (broad SMARTS) is 1. The van der Waals surface area contributed by atoms with Crippen molar-refractivity contribution in [2.45, 2.75) is 38.6 Å². The Hall–Kier alpha value is -3.18. The molecule has 3 heterocycles. The van der Waals surface area contributed by atoms with Crippen LogP contribution < -0.4 is 4.74 Å². The number of nitrogens with zero attached hydrogens (tertiary/aromatic N) is 2. The molecule has 0 radical (unpaired) electrons. The van der Waals surface area contributed by atoms with Gasteiger partial charge in [-0.15, -0.1) is 0 Å². The number of hydrogen-bond acceptors (Lipinski definition) is 4. The minimum absolute atomic E-state index is 0.268. The lowest BCUT2D eigenvalue weighted by Crippen LogP contribution is -2.32. The van der Waals surface area contributed by atoms with Crippen molar-refractivity contribution in [2.24, 2.45) is 0 Å². The molecule has 164 valence electrons. The van der Waals surface area contributed by atoms with Gasteiger partial charge in [0.1, 0.15) is 5.75 Å². The molecule has 0 amide bonds. The van der Waals surface area contributed by atoms with Crippen LogP contribution in [0.3, 0.4) is 0 Å². The number of carbonyl (C=O) groups is 1. The monoisotopic (exact) mass is 428 g/mol. The number of hydrogen-bond donors (Lipinski definition) is 1. The number of pyridine rings is 1. The average Bonchev–Trinajstić information content (AvgIpc) is 3.25. The molecule has 0 fully saturated rings. The SMILES string of the molecule is Cc1cc2c(cc1-c1ccc3c(c1)CCN(C)[C@@H]3CCc1cnccc1C(=O)O)CCO2. The number of benzene rings is 2. The van der Waals surface area contributed by atoms with Gasteiger partial charge < -0.3 is 9.84 Å². The number of ether oxygens (including phenoxy) is 1. The highest BCUT2D eigenvalue weighted by atomic mass is 16.5. The van der Waals surface area contributed by atoms with Crippen molar-refractivity contribution in [1.82, 2.24) is 9.88 Å². The van der Waals surface area contributed by atoms with Crippen molar-refractivity contribution < 1.29 is 14.6 Å². The zero-order valence-corrected chi connectivity index (χ0v) is 18.6. The summed E-state index contributed by atoms with van der Waals surface area (Å²) in [4.78, 5) is 18.1. The number of aromatic carboxylic acids is 1. The van der Waals surface area contributed by atoms with Gasteiger partial charge in [0.25, 0.3) is 0 Å². The van der Waals surface area contributed by atoms with Gasteiger partial charge >= 0.3 is 5.97 Å². The minimum atomic E-state index is -0.889. The van der Waals surface area contributed by atoms with Crippen molar-refractivity contribution in [3.05, 3.63) is 82.2 Å². The molecule has 5 rings (SSSR count). The Morgan fingerprint density at radius 3 is 2.91 bits per heavy atom. The summed E-state index contributed by atoms with van der Waals surface area (Å²) in [5.74, 6) is 0.140. The first kappa shape index (κ1) is 20.7. The van der Waals surface area contributed by atoms with Gasteiger partial charge in [0.15, 0.2) is 0 Å². The topological polar surface area (TPSA) is 62.7 Å². The van der Waals surface area contributed by atoms with E-state index in [2.05, 4.69) is 54.2 Å². The third-order valence-corrected chi connectivity index (χ3v) is 6.94. The number of aryl methyl sites for hydroxylation is 2. The van der Waals surface area contributed by atoms with Crippen molar-refractivity contribution in [3.63, 3.8) is 0 Å². The maximum Gasteiger partial charge on any atom is 0.336 e. The van der Waals surface area contributed by atoms with Gasteiger partial charge in [-0.3, -0.25) is 9.88 Å². The van der Waals surface area contributed by atoms with Gasteiger partial charge in [0.2, 0.25) is 0 Å². The maximum absolute atomic E-state index is 11.6. The molecule has 0 unspecified atom stereocenters. The predicted molar refractivity (Wildman–Crippen MR) is 124 cm³/mol. The molecule has 1 aromatic heterocycles. The normalized spacial score (nSPS) is 17.5. The Morgan fingerprint density at radius 2 is 2.06 bits per heavy atom. The molecule has 0 bridgehead atoms. The van der Waals surface area contributed by atoms with E-state index in [9.17, 15) is 9.90 Å². The van der Waals surface area contributed by atoms with E-state index in [-0.39, 0.29) is 6.04 Å². The maximum atomic E-state index is 11.6. The smallest absolute Gasteiger partial charge is 0.336 e. The molecular formula is C27H28N2O3. The van der Waals surface area contributed by atoms with E-state index < -0.39 is 5.97 Å². The largest absolute Gasteiger partial charge is 0.493 e.